The summed E-state index contributed by atoms with van der Waals surface area (Å²) in [6.07, 6.45) is 1.25. The van der Waals surface area contributed by atoms with E-state index in [1.165, 1.54) is 30.5 Å². The number of carboxylic acid groups (broad SMARTS) is 1. The first-order valence-corrected chi connectivity index (χ1v) is 6.23. The van der Waals surface area contributed by atoms with Gasteiger partial charge in [-0.2, -0.15) is 0 Å². The molecule has 1 heterocycles. The molecule has 0 bridgehead atoms. The summed E-state index contributed by atoms with van der Waals surface area (Å²) in [6.45, 7) is 0. The first-order valence-electron chi connectivity index (χ1n) is 5.44. The molecule has 2 N–H and O–H groups in total. The first kappa shape index (κ1) is 14.1. The van der Waals surface area contributed by atoms with E-state index >= 15 is 0 Å². The first-order chi connectivity index (χ1) is 9.49. The Bertz CT molecular complexity index is 671. The molecule has 1 aromatic carbocycles. The number of carbonyl (C=O) groups excluding carboxylic acids is 1. The quantitative estimate of drug-likeness (QED) is 0.901. The largest absolute Gasteiger partial charge is 0.477 e. The van der Waals surface area contributed by atoms with E-state index in [0.29, 0.717) is 4.47 Å². The molecule has 1 amide bonds. The van der Waals surface area contributed by atoms with Gasteiger partial charge in [0, 0.05) is 16.4 Å². The lowest BCUT2D eigenvalue weighted by Crippen LogP contribution is -2.15. The Labute approximate surface area is 121 Å². The fourth-order valence-corrected chi connectivity index (χ4v) is 2.06. The molecule has 0 atom stereocenters. The molecule has 0 fully saturated rings. The van der Waals surface area contributed by atoms with Crippen molar-refractivity contribution < 1.29 is 19.1 Å². The minimum atomic E-state index is -1.21. The maximum atomic E-state index is 13.6. The van der Waals surface area contributed by atoms with Gasteiger partial charge in [0.05, 0.1) is 5.56 Å². The Morgan fingerprint density at radius 2 is 2.05 bits per heavy atom. The van der Waals surface area contributed by atoms with E-state index in [2.05, 4.69) is 26.2 Å². The van der Waals surface area contributed by atoms with Gasteiger partial charge in [0.1, 0.15) is 11.5 Å². The lowest BCUT2D eigenvalue weighted by molar-refractivity contribution is 0.0690. The summed E-state index contributed by atoms with van der Waals surface area (Å²) < 4.78 is 13.9. The highest BCUT2D eigenvalue weighted by molar-refractivity contribution is 9.10. The number of aromatic carboxylic acids is 1. The summed E-state index contributed by atoms with van der Waals surface area (Å²) in [7, 11) is 0. The molecule has 7 heteroatoms. The third-order valence-electron chi connectivity index (χ3n) is 2.43. The molecular formula is C13H8BrFN2O3. The van der Waals surface area contributed by atoms with Crippen molar-refractivity contribution in [1.29, 1.82) is 0 Å². The fourth-order valence-electron chi connectivity index (χ4n) is 1.53. The van der Waals surface area contributed by atoms with E-state index < -0.39 is 17.7 Å². The minimum Gasteiger partial charge on any atom is -0.477 e. The van der Waals surface area contributed by atoms with Crippen molar-refractivity contribution >= 4 is 33.5 Å². The van der Waals surface area contributed by atoms with Crippen molar-refractivity contribution in [2.45, 2.75) is 0 Å². The van der Waals surface area contributed by atoms with Crippen LogP contribution in [0.4, 0.5) is 10.1 Å². The van der Waals surface area contributed by atoms with Gasteiger partial charge in [0.15, 0.2) is 0 Å². The Hall–Kier alpha value is -2.28. The molecule has 5 nitrogen and oxygen atoms in total. The van der Waals surface area contributed by atoms with Crippen molar-refractivity contribution in [2.24, 2.45) is 0 Å². The summed E-state index contributed by atoms with van der Waals surface area (Å²) in [5, 5.41) is 11.2. The van der Waals surface area contributed by atoms with Crippen LogP contribution in [0.3, 0.4) is 0 Å². The highest BCUT2D eigenvalue weighted by atomic mass is 79.9. The van der Waals surface area contributed by atoms with Crippen LogP contribution in [0.1, 0.15) is 20.8 Å². The summed E-state index contributed by atoms with van der Waals surface area (Å²) in [4.78, 5) is 26.4. The van der Waals surface area contributed by atoms with Crippen LogP contribution in [0.5, 0.6) is 0 Å². The van der Waals surface area contributed by atoms with Gasteiger partial charge >= 0.3 is 5.97 Å². The molecule has 2 rings (SSSR count). The van der Waals surface area contributed by atoms with Crippen molar-refractivity contribution in [3.05, 3.63) is 58.1 Å². The molecule has 0 aliphatic carbocycles. The number of pyridine rings is 1. The monoisotopic (exact) mass is 338 g/mol. The van der Waals surface area contributed by atoms with Crippen LogP contribution < -0.4 is 5.32 Å². The standard InChI is InChI=1S/C13H8BrFN2O3/c14-8-2-1-3-9(15)11(8)12(18)17-7-4-5-16-10(6-7)13(19)20/h1-6H,(H,19,20)(H,16,17,18). The molecule has 20 heavy (non-hydrogen) atoms. The number of aromatic nitrogens is 1. The SMILES string of the molecule is O=C(O)c1cc(NC(=O)c2c(F)cccc2Br)ccn1. The lowest BCUT2D eigenvalue weighted by atomic mass is 10.2. The second-order valence-corrected chi connectivity index (χ2v) is 4.64. The molecule has 0 aliphatic rings. The smallest absolute Gasteiger partial charge is 0.354 e. The van der Waals surface area contributed by atoms with Gasteiger partial charge in [-0.25, -0.2) is 14.2 Å². The molecule has 0 saturated heterocycles. The van der Waals surface area contributed by atoms with Crippen molar-refractivity contribution in [1.82, 2.24) is 4.98 Å². The van der Waals surface area contributed by atoms with E-state index in [1.54, 1.807) is 0 Å². The summed E-state index contributed by atoms with van der Waals surface area (Å²) in [5.41, 5.74) is -0.144. The third-order valence-corrected chi connectivity index (χ3v) is 3.09. The van der Waals surface area contributed by atoms with Gasteiger partial charge in [0.25, 0.3) is 5.91 Å². The van der Waals surface area contributed by atoms with Crippen LogP contribution in [0.25, 0.3) is 0 Å². The predicted molar refractivity (Wildman–Crippen MR) is 73.2 cm³/mol. The van der Waals surface area contributed by atoms with Gasteiger partial charge in [-0.15, -0.1) is 0 Å². The number of carboxylic acids is 1. The van der Waals surface area contributed by atoms with E-state index in [0.717, 1.165) is 6.07 Å². The third kappa shape index (κ3) is 3.00. The molecule has 0 spiro atoms. The Balaban J connectivity index is 2.28. The van der Waals surface area contributed by atoms with Crippen LogP contribution in [0, 0.1) is 5.82 Å². The predicted octanol–water partition coefficient (Wildman–Crippen LogP) is 2.93. The van der Waals surface area contributed by atoms with E-state index in [9.17, 15) is 14.0 Å². The van der Waals surface area contributed by atoms with E-state index in [4.69, 9.17) is 5.11 Å². The number of rotatable bonds is 3. The molecule has 1 aromatic heterocycles. The second kappa shape index (κ2) is 5.79. The topological polar surface area (TPSA) is 79.3 Å². The number of hydrogen-bond donors (Lipinski definition) is 2. The Morgan fingerprint density at radius 3 is 2.70 bits per heavy atom. The van der Waals surface area contributed by atoms with Crippen LogP contribution in [0.15, 0.2) is 41.0 Å². The molecule has 0 unspecified atom stereocenters. The van der Waals surface area contributed by atoms with Crippen molar-refractivity contribution in [3.8, 4) is 0 Å². The summed E-state index contributed by atoms with van der Waals surface area (Å²) in [5.74, 6) is -2.57. The molecule has 0 aliphatic heterocycles. The van der Waals surface area contributed by atoms with Gasteiger partial charge < -0.3 is 10.4 Å². The Kier molecular flexibility index (Phi) is 4.09. The van der Waals surface area contributed by atoms with Crippen LogP contribution in [0.2, 0.25) is 0 Å². The zero-order chi connectivity index (χ0) is 14.7. The number of hydrogen-bond acceptors (Lipinski definition) is 3. The maximum Gasteiger partial charge on any atom is 0.354 e. The van der Waals surface area contributed by atoms with Gasteiger partial charge in [0.2, 0.25) is 0 Å². The fraction of sp³-hybridized carbons (Fsp3) is 0. The average molecular weight is 339 g/mol. The van der Waals surface area contributed by atoms with Crippen molar-refractivity contribution in [3.63, 3.8) is 0 Å². The molecule has 0 saturated carbocycles. The maximum absolute atomic E-state index is 13.6. The average Bonchev–Trinajstić information content (AvgIpc) is 2.38. The lowest BCUT2D eigenvalue weighted by Gasteiger charge is -2.08. The van der Waals surface area contributed by atoms with E-state index in [1.807, 2.05) is 0 Å². The van der Waals surface area contributed by atoms with Crippen LogP contribution in [-0.4, -0.2) is 22.0 Å². The molecule has 2 aromatic rings. The summed E-state index contributed by atoms with van der Waals surface area (Å²) in [6, 6.07) is 6.77. The number of nitrogens with one attached hydrogen (secondary N) is 1. The highest BCUT2D eigenvalue weighted by Gasteiger charge is 2.16. The number of anilines is 1. The molecule has 102 valence electrons. The molecule has 0 radical (unpaired) electrons. The van der Waals surface area contributed by atoms with Crippen LogP contribution in [-0.2, 0) is 0 Å². The number of amides is 1. The van der Waals surface area contributed by atoms with Gasteiger partial charge in [-0.3, -0.25) is 4.79 Å². The Morgan fingerprint density at radius 1 is 1.30 bits per heavy atom. The highest BCUT2D eigenvalue weighted by Crippen LogP contribution is 2.21. The van der Waals surface area contributed by atoms with Crippen LogP contribution >= 0.6 is 15.9 Å². The number of benzene rings is 1. The van der Waals surface area contributed by atoms with Crippen molar-refractivity contribution in [2.75, 3.05) is 5.32 Å². The minimum absolute atomic E-state index is 0.152. The molecular weight excluding hydrogens is 331 g/mol. The van der Waals surface area contributed by atoms with Gasteiger partial charge in [-0.1, -0.05) is 6.07 Å². The zero-order valence-corrected chi connectivity index (χ0v) is 11.5. The van der Waals surface area contributed by atoms with E-state index in [-0.39, 0.29) is 16.9 Å². The summed E-state index contributed by atoms with van der Waals surface area (Å²) >= 11 is 3.09. The van der Waals surface area contributed by atoms with Gasteiger partial charge in [-0.05, 0) is 40.2 Å². The second-order valence-electron chi connectivity index (χ2n) is 3.79. The number of carbonyl (C=O) groups is 2. The number of halogens is 2. The normalized spacial score (nSPS) is 10.1. The number of nitrogens with zero attached hydrogens (tertiary/aromatic N) is 1. The zero-order valence-electron chi connectivity index (χ0n) is 9.93.